The van der Waals surface area contributed by atoms with Gasteiger partial charge in [0.1, 0.15) is 0 Å². The van der Waals surface area contributed by atoms with Crippen molar-refractivity contribution in [1.82, 2.24) is 0 Å². The van der Waals surface area contributed by atoms with Crippen LogP contribution in [0.25, 0.3) is 0 Å². The molecule has 1 atom stereocenters. The minimum Gasteiger partial charge on any atom is -0.385 e. The number of alkyl halides is 1. The van der Waals surface area contributed by atoms with E-state index in [1.165, 1.54) is 17.7 Å². The summed E-state index contributed by atoms with van der Waals surface area (Å²) in [4.78, 5) is 0. The lowest BCUT2D eigenvalue weighted by Crippen LogP contribution is -2.02. The fraction of sp³-hybridized carbons (Fsp3) is 0.538. The molecule has 1 N–H and O–H groups in total. The van der Waals surface area contributed by atoms with E-state index >= 15 is 0 Å². The average molecular weight is 226 g/mol. The molecule has 0 aliphatic rings. The molecule has 84 valence electrons. The van der Waals surface area contributed by atoms with Gasteiger partial charge in [0.2, 0.25) is 0 Å². The second-order valence-corrected chi connectivity index (χ2v) is 4.28. The van der Waals surface area contributed by atoms with Gasteiger partial charge < -0.3 is 5.32 Å². The maximum Gasteiger partial charge on any atom is 0.0340 e. The molecule has 0 bridgehead atoms. The summed E-state index contributed by atoms with van der Waals surface area (Å²) in [6.45, 7) is 5.43. The Hall–Kier alpha value is -0.690. The standard InChI is InChI=1S/C13H20ClN/c1-3-11(2)12-5-7-13(8-6-12)15-10-4-9-14/h5-8,11,15H,3-4,9-10H2,1-2H3. The Morgan fingerprint density at radius 1 is 1.27 bits per heavy atom. The Kier molecular flexibility index (Phi) is 5.56. The van der Waals surface area contributed by atoms with E-state index in [1.807, 2.05) is 0 Å². The first-order valence-electron chi connectivity index (χ1n) is 5.67. The highest BCUT2D eigenvalue weighted by atomic mass is 35.5. The van der Waals surface area contributed by atoms with Crippen LogP contribution in [0.2, 0.25) is 0 Å². The van der Waals surface area contributed by atoms with Crippen LogP contribution in [0.5, 0.6) is 0 Å². The van der Waals surface area contributed by atoms with Crippen molar-refractivity contribution in [3.05, 3.63) is 29.8 Å². The highest BCUT2D eigenvalue weighted by Gasteiger charge is 2.01. The van der Waals surface area contributed by atoms with Crippen LogP contribution in [-0.2, 0) is 0 Å². The Labute approximate surface area is 97.8 Å². The number of anilines is 1. The van der Waals surface area contributed by atoms with Crippen molar-refractivity contribution in [3.8, 4) is 0 Å². The average Bonchev–Trinajstić information content (AvgIpc) is 2.29. The summed E-state index contributed by atoms with van der Waals surface area (Å²) in [5, 5.41) is 3.35. The first-order valence-corrected chi connectivity index (χ1v) is 6.21. The SMILES string of the molecule is CCC(C)c1ccc(NCCCCl)cc1. The van der Waals surface area contributed by atoms with E-state index in [1.54, 1.807) is 0 Å². The van der Waals surface area contributed by atoms with Gasteiger partial charge >= 0.3 is 0 Å². The van der Waals surface area contributed by atoms with Crippen molar-refractivity contribution in [2.75, 3.05) is 17.7 Å². The second kappa shape index (κ2) is 6.73. The number of halogens is 1. The predicted molar refractivity (Wildman–Crippen MR) is 69.0 cm³/mol. The molecule has 0 saturated heterocycles. The smallest absolute Gasteiger partial charge is 0.0340 e. The van der Waals surface area contributed by atoms with E-state index in [2.05, 4.69) is 43.4 Å². The maximum absolute atomic E-state index is 5.61. The highest BCUT2D eigenvalue weighted by molar-refractivity contribution is 6.17. The van der Waals surface area contributed by atoms with Gasteiger partial charge in [-0.15, -0.1) is 11.6 Å². The van der Waals surface area contributed by atoms with Gasteiger partial charge in [0, 0.05) is 18.1 Å². The van der Waals surface area contributed by atoms with E-state index < -0.39 is 0 Å². The van der Waals surface area contributed by atoms with Gasteiger partial charge in [-0.3, -0.25) is 0 Å². The van der Waals surface area contributed by atoms with Crippen molar-refractivity contribution in [1.29, 1.82) is 0 Å². The van der Waals surface area contributed by atoms with Gasteiger partial charge in [-0.1, -0.05) is 26.0 Å². The van der Waals surface area contributed by atoms with E-state index in [0.29, 0.717) is 5.92 Å². The monoisotopic (exact) mass is 225 g/mol. The van der Waals surface area contributed by atoms with Crippen molar-refractivity contribution in [2.24, 2.45) is 0 Å². The molecule has 1 nitrogen and oxygen atoms in total. The van der Waals surface area contributed by atoms with Crippen molar-refractivity contribution >= 4 is 17.3 Å². The first-order chi connectivity index (χ1) is 7.27. The molecule has 0 aliphatic carbocycles. The van der Waals surface area contributed by atoms with Gasteiger partial charge in [0.25, 0.3) is 0 Å². The molecular formula is C13H20ClN. The molecule has 1 rings (SSSR count). The lowest BCUT2D eigenvalue weighted by atomic mass is 9.99. The Balaban J connectivity index is 2.49. The summed E-state index contributed by atoms with van der Waals surface area (Å²) < 4.78 is 0. The first kappa shape index (κ1) is 12.4. The molecule has 2 heteroatoms. The van der Waals surface area contributed by atoms with E-state index in [-0.39, 0.29) is 0 Å². The topological polar surface area (TPSA) is 12.0 Å². The molecule has 1 aromatic carbocycles. The zero-order valence-corrected chi connectivity index (χ0v) is 10.3. The summed E-state index contributed by atoms with van der Waals surface area (Å²) >= 11 is 5.61. The predicted octanol–water partition coefficient (Wildman–Crippen LogP) is 4.24. The Bertz CT molecular complexity index is 268. The molecule has 0 aromatic heterocycles. The quantitative estimate of drug-likeness (QED) is 0.564. The number of hydrogen-bond donors (Lipinski definition) is 1. The fourth-order valence-corrected chi connectivity index (χ4v) is 1.60. The molecule has 0 heterocycles. The Morgan fingerprint density at radius 3 is 2.47 bits per heavy atom. The highest BCUT2D eigenvalue weighted by Crippen LogP contribution is 2.20. The molecule has 0 saturated carbocycles. The minimum atomic E-state index is 0.655. The van der Waals surface area contributed by atoms with Crippen LogP contribution in [0.15, 0.2) is 24.3 Å². The number of hydrogen-bond acceptors (Lipinski definition) is 1. The van der Waals surface area contributed by atoms with Gasteiger partial charge in [0.15, 0.2) is 0 Å². The summed E-state index contributed by atoms with van der Waals surface area (Å²) in [6, 6.07) is 8.71. The van der Waals surface area contributed by atoms with Crippen molar-refractivity contribution < 1.29 is 0 Å². The number of nitrogens with one attached hydrogen (secondary N) is 1. The zero-order chi connectivity index (χ0) is 11.1. The summed E-state index contributed by atoms with van der Waals surface area (Å²) in [5.74, 6) is 1.37. The summed E-state index contributed by atoms with van der Waals surface area (Å²) in [7, 11) is 0. The van der Waals surface area contributed by atoms with Crippen LogP contribution < -0.4 is 5.32 Å². The van der Waals surface area contributed by atoms with Crippen LogP contribution in [0.1, 0.15) is 38.2 Å². The lowest BCUT2D eigenvalue weighted by molar-refractivity contribution is 0.734. The molecule has 0 fully saturated rings. The molecular weight excluding hydrogens is 206 g/mol. The van der Waals surface area contributed by atoms with Gasteiger partial charge in [-0.05, 0) is 36.5 Å². The number of rotatable bonds is 6. The second-order valence-electron chi connectivity index (χ2n) is 3.90. The third-order valence-corrected chi connectivity index (χ3v) is 3.00. The molecule has 15 heavy (non-hydrogen) atoms. The van der Waals surface area contributed by atoms with Crippen LogP contribution >= 0.6 is 11.6 Å². The van der Waals surface area contributed by atoms with E-state index in [0.717, 1.165) is 18.8 Å². The van der Waals surface area contributed by atoms with E-state index in [9.17, 15) is 0 Å². The van der Waals surface area contributed by atoms with Crippen LogP contribution in [0, 0.1) is 0 Å². The molecule has 0 spiro atoms. The molecule has 0 radical (unpaired) electrons. The van der Waals surface area contributed by atoms with Crippen molar-refractivity contribution in [3.63, 3.8) is 0 Å². The maximum atomic E-state index is 5.61. The third-order valence-electron chi connectivity index (χ3n) is 2.73. The largest absolute Gasteiger partial charge is 0.385 e. The normalized spacial score (nSPS) is 12.5. The molecule has 0 amide bonds. The summed E-state index contributed by atoms with van der Waals surface area (Å²) in [5.41, 5.74) is 2.60. The zero-order valence-electron chi connectivity index (χ0n) is 9.59. The Morgan fingerprint density at radius 2 is 1.93 bits per heavy atom. The molecule has 0 aliphatic heterocycles. The van der Waals surface area contributed by atoms with E-state index in [4.69, 9.17) is 11.6 Å². The van der Waals surface area contributed by atoms with Gasteiger partial charge in [-0.25, -0.2) is 0 Å². The van der Waals surface area contributed by atoms with Crippen LogP contribution in [0.4, 0.5) is 5.69 Å². The van der Waals surface area contributed by atoms with Gasteiger partial charge in [-0.2, -0.15) is 0 Å². The third kappa shape index (κ3) is 4.13. The lowest BCUT2D eigenvalue weighted by Gasteiger charge is -2.10. The van der Waals surface area contributed by atoms with Crippen LogP contribution in [-0.4, -0.2) is 12.4 Å². The minimum absolute atomic E-state index is 0.655. The number of benzene rings is 1. The van der Waals surface area contributed by atoms with Crippen LogP contribution in [0.3, 0.4) is 0 Å². The van der Waals surface area contributed by atoms with Gasteiger partial charge in [0.05, 0.1) is 0 Å². The molecule has 1 unspecified atom stereocenters. The summed E-state index contributed by atoms with van der Waals surface area (Å²) in [6.07, 6.45) is 2.20. The molecule has 1 aromatic rings. The van der Waals surface area contributed by atoms with Crippen molar-refractivity contribution in [2.45, 2.75) is 32.6 Å². The fourth-order valence-electron chi connectivity index (χ4n) is 1.46.